The third kappa shape index (κ3) is 2.89. The fourth-order valence-electron chi connectivity index (χ4n) is 1.61. The van der Waals surface area contributed by atoms with Crippen LogP contribution in [0.1, 0.15) is 17.5 Å². The van der Waals surface area contributed by atoms with Crippen LogP contribution in [0.25, 0.3) is 11.3 Å². The molecular formula is C13H10N2O5. The molecule has 0 unspecified atom stereocenters. The van der Waals surface area contributed by atoms with E-state index in [4.69, 9.17) is 4.42 Å². The molecule has 2 aromatic rings. The molecule has 0 aliphatic carbocycles. The zero-order chi connectivity index (χ0) is 14.7. The first-order chi connectivity index (χ1) is 9.47. The SMILES string of the molecule is CC(=O)NC(=O)c1ccc(-c2cccc([N+](=O)[O-])c2)o1. The van der Waals surface area contributed by atoms with Gasteiger partial charge in [0.15, 0.2) is 5.76 Å². The Bertz CT molecular complexity index is 690. The topological polar surface area (TPSA) is 102 Å². The number of furan rings is 1. The third-order valence-corrected chi connectivity index (χ3v) is 2.46. The number of hydrogen-bond acceptors (Lipinski definition) is 5. The predicted molar refractivity (Wildman–Crippen MR) is 68.9 cm³/mol. The van der Waals surface area contributed by atoms with Gasteiger partial charge in [0.1, 0.15) is 5.76 Å². The van der Waals surface area contributed by atoms with Crippen molar-refractivity contribution in [1.82, 2.24) is 5.32 Å². The van der Waals surface area contributed by atoms with Crippen molar-refractivity contribution in [2.45, 2.75) is 6.92 Å². The lowest BCUT2D eigenvalue weighted by atomic mass is 10.1. The van der Waals surface area contributed by atoms with Gasteiger partial charge in [-0.1, -0.05) is 12.1 Å². The molecule has 1 heterocycles. The Morgan fingerprint density at radius 2 is 2.00 bits per heavy atom. The summed E-state index contributed by atoms with van der Waals surface area (Å²) in [7, 11) is 0. The number of imide groups is 1. The number of benzene rings is 1. The standard InChI is InChI=1S/C13H10N2O5/c1-8(16)14-13(17)12-6-5-11(20-12)9-3-2-4-10(7-9)15(18)19/h2-7H,1H3,(H,14,16,17). The number of nitro groups is 1. The predicted octanol–water partition coefficient (Wildman–Crippen LogP) is 2.13. The van der Waals surface area contributed by atoms with E-state index in [1.54, 1.807) is 6.07 Å². The van der Waals surface area contributed by atoms with E-state index in [9.17, 15) is 19.7 Å². The lowest BCUT2D eigenvalue weighted by Gasteiger charge is -1.98. The van der Waals surface area contributed by atoms with E-state index in [2.05, 4.69) is 5.32 Å². The van der Waals surface area contributed by atoms with Crippen LogP contribution in [0, 0.1) is 10.1 Å². The van der Waals surface area contributed by atoms with Gasteiger partial charge in [-0.2, -0.15) is 0 Å². The number of nitrogens with zero attached hydrogens (tertiary/aromatic N) is 1. The van der Waals surface area contributed by atoms with E-state index in [0.717, 1.165) is 0 Å². The summed E-state index contributed by atoms with van der Waals surface area (Å²) >= 11 is 0. The first-order valence-corrected chi connectivity index (χ1v) is 5.64. The van der Waals surface area contributed by atoms with E-state index < -0.39 is 16.7 Å². The molecule has 0 atom stereocenters. The maximum absolute atomic E-state index is 11.5. The van der Waals surface area contributed by atoms with Crippen molar-refractivity contribution in [3.05, 3.63) is 52.3 Å². The molecule has 0 bridgehead atoms. The van der Waals surface area contributed by atoms with Gasteiger partial charge in [-0.15, -0.1) is 0 Å². The van der Waals surface area contributed by atoms with Gasteiger partial charge < -0.3 is 4.42 Å². The molecule has 0 saturated heterocycles. The number of hydrogen-bond donors (Lipinski definition) is 1. The number of amides is 2. The summed E-state index contributed by atoms with van der Waals surface area (Å²) in [5.74, 6) is -0.887. The average molecular weight is 274 g/mol. The molecule has 2 rings (SSSR count). The number of carbonyl (C=O) groups is 2. The van der Waals surface area contributed by atoms with Crippen LogP contribution < -0.4 is 5.32 Å². The van der Waals surface area contributed by atoms with E-state index in [0.29, 0.717) is 11.3 Å². The summed E-state index contributed by atoms with van der Waals surface area (Å²) in [6.07, 6.45) is 0. The van der Waals surface area contributed by atoms with Crippen LogP contribution in [0.2, 0.25) is 0 Å². The molecule has 0 radical (unpaired) electrons. The second-order valence-corrected chi connectivity index (χ2v) is 3.98. The van der Waals surface area contributed by atoms with Crippen LogP contribution >= 0.6 is 0 Å². The Morgan fingerprint density at radius 1 is 1.25 bits per heavy atom. The molecule has 0 saturated carbocycles. The first-order valence-electron chi connectivity index (χ1n) is 5.64. The van der Waals surface area contributed by atoms with Crippen molar-refractivity contribution < 1.29 is 18.9 Å². The quantitative estimate of drug-likeness (QED) is 0.682. The first kappa shape index (κ1) is 13.5. The van der Waals surface area contributed by atoms with Crippen LogP contribution in [0.5, 0.6) is 0 Å². The van der Waals surface area contributed by atoms with Crippen LogP contribution in [0.3, 0.4) is 0 Å². The van der Waals surface area contributed by atoms with E-state index in [1.807, 2.05) is 0 Å². The van der Waals surface area contributed by atoms with Gasteiger partial charge in [0.25, 0.3) is 11.6 Å². The summed E-state index contributed by atoms with van der Waals surface area (Å²) in [4.78, 5) is 32.5. The van der Waals surface area contributed by atoms with Gasteiger partial charge in [0.05, 0.1) is 4.92 Å². The molecule has 1 N–H and O–H groups in total. The number of nitrogens with one attached hydrogen (secondary N) is 1. The smallest absolute Gasteiger partial charge is 0.293 e. The Hall–Kier alpha value is -2.96. The van der Waals surface area contributed by atoms with E-state index >= 15 is 0 Å². The maximum atomic E-state index is 11.5. The maximum Gasteiger partial charge on any atom is 0.293 e. The van der Waals surface area contributed by atoms with Crippen LogP contribution in [0.4, 0.5) is 5.69 Å². The zero-order valence-corrected chi connectivity index (χ0v) is 10.5. The second-order valence-electron chi connectivity index (χ2n) is 3.98. The highest BCUT2D eigenvalue weighted by Gasteiger charge is 2.14. The van der Waals surface area contributed by atoms with Gasteiger partial charge in [0.2, 0.25) is 5.91 Å². The van der Waals surface area contributed by atoms with Crippen molar-refractivity contribution in [3.63, 3.8) is 0 Å². The average Bonchev–Trinajstić information content (AvgIpc) is 2.87. The molecule has 2 amide bonds. The van der Waals surface area contributed by atoms with Gasteiger partial charge >= 0.3 is 0 Å². The molecular weight excluding hydrogens is 264 g/mol. The van der Waals surface area contributed by atoms with E-state index in [-0.39, 0.29) is 11.4 Å². The number of non-ortho nitro benzene ring substituents is 1. The van der Waals surface area contributed by atoms with Crippen molar-refractivity contribution in [3.8, 4) is 11.3 Å². The van der Waals surface area contributed by atoms with Crippen molar-refractivity contribution in [2.75, 3.05) is 0 Å². The molecule has 1 aromatic heterocycles. The minimum Gasteiger partial charge on any atom is -0.451 e. The third-order valence-electron chi connectivity index (χ3n) is 2.46. The number of nitro benzene ring substituents is 1. The molecule has 0 aliphatic heterocycles. The van der Waals surface area contributed by atoms with Crippen molar-refractivity contribution in [1.29, 1.82) is 0 Å². The largest absolute Gasteiger partial charge is 0.451 e. The summed E-state index contributed by atoms with van der Waals surface area (Å²) in [6.45, 7) is 1.21. The van der Waals surface area contributed by atoms with Gasteiger partial charge in [-0.3, -0.25) is 25.0 Å². The Kier molecular flexibility index (Phi) is 3.60. The highest BCUT2D eigenvalue weighted by Crippen LogP contribution is 2.25. The monoisotopic (exact) mass is 274 g/mol. The molecule has 1 aromatic carbocycles. The van der Waals surface area contributed by atoms with Gasteiger partial charge in [-0.05, 0) is 12.1 Å². The number of carbonyl (C=O) groups excluding carboxylic acids is 2. The summed E-state index contributed by atoms with van der Waals surface area (Å²) in [5, 5.41) is 12.8. The molecule has 0 fully saturated rings. The van der Waals surface area contributed by atoms with Crippen LogP contribution in [0.15, 0.2) is 40.8 Å². The highest BCUT2D eigenvalue weighted by molar-refractivity contribution is 6.02. The minimum atomic E-state index is -0.658. The fraction of sp³-hybridized carbons (Fsp3) is 0.0769. The Morgan fingerprint density at radius 3 is 2.65 bits per heavy atom. The number of rotatable bonds is 3. The molecule has 0 spiro atoms. The lowest BCUT2D eigenvalue weighted by Crippen LogP contribution is -2.27. The molecule has 102 valence electrons. The summed E-state index contributed by atoms with van der Waals surface area (Å²) in [6, 6.07) is 8.74. The van der Waals surface area contributed by atoms with Gasteiger partial charge in [-0.25, -0.2) is 0 Å². The Labute approximate surface area is 113 Å². The lowest BCUT2D eigenvalue weighted by molar-refractivity contribution is -0.384. The fourth-order valence-corrected chi connectivity index (χ4v) is 1.61. The highest BCUT2D eigenvalue weighted by atomic mass is 16.6. The Balaban J connectivity index is 2.29. The molecule has 20 heavy (non-hydrogen) atoms. The zero-order valence-electron chi connectivity index (χ0n) is 10.5. The molecule has 0 aliphatic rings. The van der Waals surface area contributed by atoms with Crippen LogP contribution in [-0.4, -0.2) is 16.7 Å². The van der Waals surface area contributed by atoms with Crippen molar-refractivity contribution >= 4 is 17.5 Å². The summed E-state index contributed by atoms with van der Waals surface area (Å²) in [5.41, 5.74) is 0.398. The minimum absolute atomic E-state index is 0.0401. The molecule has 7 heteroatoms. The molecule has 7 nitrogen and oxygen atoms in total. The van der Waals surface area contributed by atoms with Crippen LogP contribution in [-0.2, 0) is 4.79 Å². The van der Waals surface area contributed by atoms with Gasteiger partial charge in [0, 0.05) is 24.6 Å². The summed E-state index contributed by atoms with van der Waals surface area (Å²) < 4.78 is 5.28. The second kappa shape index (κ2) is 5.35. The van der Waals surface area contributed by atoms with E-state index in [1.165, 1.54) is 37.3 Å². The van der Waals surface area contributed by atoms with Crippen molar-refractivity contribution in [2.24, 2.45) is 0 Å². The normalized spacial score (nSPS) is 10.1.